The van der Waals surface area contributed by atoms with E-state index in [-0.39, 0.29) is 11.8 Å². The number of hydrogen-bond acceptors (Lipinski definition) is 3. The Labute approximate surface area is 163 Å². The summed E-state index contributed by atoms with van der Waals surface area (Å²) in [5.41, 5.74) is 3.95. The number of nitrogens with one attached hydrogen (secondary N) is 1. The maximum Gasteiger partial charge on any atom is 0.233 e. The topological polar surface area (TPSA) is 42.0 Å². The van der Waals surface area contributed by atoms with Crippen molar-refractivity contribution >= 4 is 22.4 Å². The summed E-state index contributed by atoms with van der Waals surface area (Å²) in [5.74, 6) is 6.09. The Morgan fingerprint density at radius 3 is 2.78 bits per heavy atom. The summed E-state index contributed by atoms with van der Waals surface area (Å²) in [4.78, 5) is 17.5. The van der Waals surface area contributed by atoms with Crippen molar-refractivity contribution in [3.8, 4) is 11.8 Å². The van der Waals surface area contributed by atoms with Crippen LogP contribution in [-0.4, -0.2) is 10.9 Å². The molecule has 1 aliphatic rings. The second kappa shape index (κ2) is 7.02. The molecule has 134 valence electrons. The van der Waals surface area contributed by atoms with Crippen LogP contribution in [0.5, 0.6) is 0 Å². The molecule has 1 N–H and O–H groups in total. The highest BCUT2D eigenvalue weighted by Crippen LogP contribution is 2.51. The number of nitrogens with zero attached hydrogens (tertiary/aromatic N) is 1. The Morgan fingerprint density at radius 2 is 2.07 bits per heavy atom. The lowest BCUT2D eigenvalue weighted by molar-refractivity contribution is -0.125. The van der Waals surface area contributed by atoms with Crippen molar-refractivity contribution in [2.75, 3.05) is 5.32 Å². The number of carbonyl (C=O) groups excluding carboxylic acids is 1. The molecule has 0 radical (unpaired) electrons. The average molecular weight is 372 g/mol. The molecule has 1 aromatic heterocycles. The van der Waals surface area contributed by atoms with Gasteiger partial charge < -0.3 is 5.32 Å². The number of rotatable bonds is 3. The minimum atomic E-state index is -0.590. The monoisotopic (exact) mass is 372 g/mol. The number of carbonyl (C=O) groups is 1. The van der Waals surface area contributed by atoms with Gasteiger partial charge in [0.2, 0.25) is 5.91 Å². The fraction of sp³-hybridized carbons (Fsp3) is 0.217. The van der Waals surface area contributed by atoms with Crippen LogP contribution in [-0.2, 0) is 11.2 Å². The van der Waals surface area contributed by atoms with Gasteiger partial charge in [0.25, 0.3) is 0 Å². The molecule has 0 unspecified atom stereocenters. The van der Waals surface area contributed by atoms with Crippen LogP contribution in [0.4, 0.5) is 5.13 Å². The second-order valence-corrected chi connectivity index (χ2v) is 7.91. The molecule has 4 heteroatoms. The average Bonchev–Trinajstić information content (AvgIpc) is 3.28. The van der Waals surface area contributed by atoms with Gasteiger partial charge in [-0.05, 0) is 49.1 Å². The normalized spacial score (nSPS) is 20.4. The number of thiazole rings is 1. The summed E-state index contributed by atoms with van der Waals surface area (Å²) >= 11 is 1.44. The van der Waals surface area contributed by atoms with E-state index in [1.807, 2.05) is 36.6 Å². The summed E-state index contributed by atoms with van der Waals surface area (Å²) < 4.78 is 0. The summed E-state index contributed by atoms with van der Waals surface area (Å²) in [6.07, 6.45) is 2.40. The molecular weight excluding hydrogens is 352 g/mol. The second-order valence-electron chi connectivity index (χ2n) is 7.02. The lowest BCUT2D eigenvalue weighted by Gasteiger charge is -2.31. The fourth-order valence-corrected chi connectivity index (χ4v) is 4.54. The molecule has 2 atom stereocenters. The van der Waals surface area contributed by atoms with E-state index in [9.17, 15) is 4.79 Å². The molecule has 3 aromatic rings. The van der Waals surface area contributed by atoms with Crippen LogP contribution in [0.25, 0.3) is 0 Å². The van der Waals surface area contributed by atoms with Crippen molar-refractivity contribution in [2.45, 2.75) is 26.2 Å². The van der Waals surface area contributed by atoms with Crippen LogP contribution in [0, 0.1) is 17.3 Å². The van der Waals surface area contributed by atoms with Gasteiger partial charge in [0.05, 0.1) is 5.41 Å². The van der Waals surface area contributed by atoms with E-state index in [4.69, 9.17) is 0 Å². The van der Waals surface area contributed by atoms with Gasteiger partial charge in [0.15, 0.2) is 5.13 Å². The van der Waals surface area contributed by atoms with Crippen molar-refractivity contribution in [3.63, 3.8) is 0 Å². The number of fused-ring (bicyclic) bond motifs is 1. The van der Waals surface area contributed by atoms with Gasteiger partial charge in [0, 0.05) is 23.1 Å². The molecule has 1 heterocycles. The van der Waals surface area contributed by atoms with Crippen LogP contribution in [0.1, 0.15) is 42.0 Å². The maximum absolute atomic E-state index is 13.3. The first-order valence-corrected chi connectivity index (χ1v) is 9.81. The molecular formula is C23H20N2OS. The Kier molecular flexibility index (Phi) is 4.55. The van der Waals surface area contributed by atoms with E-state index in [1.165, 1.54) is 22.5 Å². The van der Waals surface area contributed by atoms with Crippen molar-refractivity contribution in [3.05, 3.63) is 82.4 Å². The SMILES string of the molecule is CC#Cc1ccc2c(c1)[C@@H](c1ccccc1)[C@@](C)(C(=O)Nc1nccs1)C2. The number of benzene rings is 2. The molecule has 1 aliphatic carbocycles. The molecule has 0 saturated heterocycles. The summed E-state index contributed by atoms with van der Waals surface area (Å²) in [6, 6.07) is 16.6. The first-order chi connectivity index (χ1) is 13.1. The molecule has 0 spiro atoms. The molecule has 1 amide bonds. The number of aromatic nitrogens is 1. The third kappa shape index (κ3) is 3.15. The molecule has 0 bridgehead atoms. The lowest BCUT2D eigenvalue weighted by Crippen LogP contribution is -2.37. The molecule has 2 aromatic carbocycles. The fourth-order valence-electron chi connectivity index (χ4n) is 4.02. The molecule has 27 heavy (non-hydrogen) atoms. The lowest BCUT2D eigenvalue weighted by atomic mass is 9.73. The highest BCUT2D eigenvalue weighted by molar-refractivity contribution is 7.13. The number of hydrogen-bond donors (Lipinski definition) is 1. The zero-order valence-corrected chi connectivity index (χ0v) is 16.1. The quantitative estimate of drug-likeness (QED) is 0.668. The van der Waals surface area contributed by atoms with E-state index in [1.54, 1.807) is 6.20 Å². The highest BCUT2D eigenvalue weighted by atomic mass is 32.1. The van der Waals surface area contributed by atoms with E-state index in [0.29, 0.717) is 11.6 Å². The van der Waals surface area contributed by atoms with Gasteiger partial charge in [-0.3, -0.25) is 4.79 Å². The number of anilines is 1. The van der Waals surface area contributed by atoms with Gasteiger partial charge >= 0.3 is 0 Å². The molecule has 4 rings (SSSR count). The van der Waals surface area contributed by atoms with Crippen molar-refractivity contribution in [2.24, 2.45) is 5.41 Å². The van der Waals surface area contributed by atoms with Crippen LogP contribution in [0.15, 0.2) is 60.1 Å². The largest absolute Gasteiger partial charge is 0.301 e. The smallest absolute Gasteiger partial charge is 0.233 e. The minimum absolute atomic E-state index is 0.00521. The summed E-state index contributed by atoms with van der Waals surface area (Å²) in [6.45, 7) is 3.90. The van der Waals surface area contributed by atoms with Gasteiger partial charge in [-0.25, -0.2) is 4.98 Å². The van der Waals surface area contributed by atoms with E-state index in [0.717, 1.165) is 11.1 Å². The van der Waals surface area contributed by atoms with Crippen LogP contribution in [0.3, 0.4) is 0 Å². The van der Waals surface area contributed by atoms with E-state index >= 15 is 0 Å². The van der Waals surface area contributed by atoms with Gasteiger partial charge in [0.1, 0.15) is 0 Å². The van der Waals surface area contributed by atoms with E-state index < -0.39 is 5.41 Å². The predicted octanol–water partition coefficient (Wildman–Crippen LogP) is 4.85. The van der Waals surface area contributed by atoms with Gasteiger partial charge in [-0.2, -0.15) is 0 Å². The molecule has 0 aliphatic heterocycles. The van der Waals surface area contributed by atoms with Gasteiger partial charge in [-0.15, -0.1) is 17.3 Å². The third-order valence-corrected chi connectivity index (χ3v) is 5.91. The van der Waals surface area contributed by atoms with Crippen molar-refractivity contribution in [1.29, 1.82) is 0 Å². The Bertz CT molecular complexity index is 1030. The predicted molar refractivity (Wildman–Crippen MR) is 110 cm³/mol. The number of amides is 1. The molecule has 0 fully saturated rings. The summed E-state index contributed by atoms with van der Waals surface area (Å²) in [7, 11) is 0. The standard InChI is InChI=1S/C23H20N2OS/c1-3-7-16-10-11-18-15-23(2,21(26)25-22-24-12-13-27-22)20(19(18)14-16)17-8-5-4-6-9-17/h4-6,8-14,20H,15H2,1-2H3,(H,24,25,26)/t20-,23+/m1/s1. The first kappa shape index (κ1) is 17.5. The Morgan fingerprint density at radius 1 is 1.26 bits per heavy atom. The molecule has 3 nitrogen and oxygen atoms in total. The third-order valence-electron chi connectivity index (χ3n) is 5.23. The Hall–Kier alpha value is -2.90. The van der Waals surface area contributed by atoms with E-state index in [2.05, 4.69) is 53.3 Å². The zero-order chi connectivity index (χ0) is 18.9. The maximum atomic E-state index is 13.3. The van der Waals surface area contributed by atoms with Crippen molar-refractivity contribution < 1.29 is 4.79 Å². The highest BCUT2D eigenvalue weighted by Gasteiger charge is 2.48. The van der Waals surface area contributed by atoms with Gasteiger partial charge in [-0.1, -0.05) is 42.3 Å². The minimum Gasteiger partial charge on any atom is -0.301 e. The van der Waals surface area contributed by atoms with Crippen molar-refractivity contribution in [1.82, 2.24) is 4.98 Å². The summed E-state index contributed by atoms with van der Waals surface area (Å²) in [5, 5.41) is 5.53. The molecule has 0 saturated carbocycles. The zero-order valence-electron chi connectivity index (χ0n) is 15.3. The Balaban J connectivity index is 1.80. The first-order valence-electron chi connectivity index (χ1n) is 8.93. The van der Waals surface area contributed by atoms with Crippen LogP contribution >= 0.6 is 11.3 Å². The van der Waals surface area contributed by atoms with Crippen LogP contribution in [0.2, 0.25) is 0 Å². The van der Waals surface area contributed by atoms with Crippen LogP contribution < -0.4 is 5.32 Å².